The lowest BCUT2D eigenvalue weighted by Gasteiger charge is -2.54. The van der Waals surface area contributed by atoms with Crippen LogP contribution in [0.2, 0.25) is 0 Å². The van der Waals surface area contributed by atoms with Crippen molar-refractivity contribution in [1.82, 2.24) is 0 Å². The summed E-state index contributed by atoms with van der Waals surface area (Å²) in [6.45, 7) is 9.89. The molecule has 1 heterocycles. The number of hydrogen-bond acceptors (Lipinski definition) is 6. The summed E-state index contributed by atoms with van der Waals surface area (Å²) < 4.78 is 17.8. The molecule has 5 atom stereocenters. The van der Waals surface area contributed by atoms with Gasteiger partial charge in [-0.15, -0.1) is 11.8 Å². The number of carbonyl (C=O) groups excluding carboxylic acids is 2. The first-order valence-corrected chi connectivity index (χ1v) is 11.8. The molecule has 1 aromatic heterocycles. The molecule has 1 fully saturated rings. The number of allylic oxidation sites excluding steroid dienone is 1. The van der Waals surface area contributed by atoms with Crippen molar-refractivity contribution in [2.45, 2.75) is 66.1 Å². The van der Waals surface area contributed by atoms with E-state index in [2.05, 4.69) is 13.8 Å². The lowest BCUT2D eigenvalue weighted by Crippen LogP contribution is -2.53. The Balaban J connectivity index is 1.97. The smallest absolute Gasteiger partial charge is 0.334 e. The van der Waals surface area contributed by atoms with E-state index in [0.29, 0.717) is 5.57 Å². The number of hydrogen-bond donors (Lipinski definition) is 0. The van der Waals surface area contributed by atoms with Crippen molar-refractivity contribution in [3.8, 4) is 0 Å². The van der Waals surface area contributed by atoms with Crippen LogP contribution in [-0.4, -0.2) is 24.3 Å². The van der Waals surface area contributed by atoms with Gasteiger partial charge in [0.2, 0.25) is 0 Å². The molecule has 2 aliphatic rings. The topological polar surface area (TPSA) is 65.7 Å². The molecule has 0 bridgehead atoms. The highest BCUT2D eigenvalue weighted by Crippen LogP contribution is 2.60. The van der Waals surface area contributed by atoms with E-state index < -0.39 is 6.10 Å². The van der Waals surface area contributed by atoms with Gasteiger partial charge in [0.05, 0.1) is 6.26 Å². The van der Waals surface area contributed by atoms with Crippen molar-refractivity contribution >= 4 is 23.7 Å². The molecule has 1 saturated carbocycles. The van der Waals surface area contributed by atoms with E-state index >= 15 is 0 Å². The molecule has 164 valence electrons. The van der Waals surface area contributed by atoms with E-state index in [1.54, 1.807) is 24.7 Å². The van der Waals surface area contributed by atoms with Crippen LogP contribution < -0.4 is 0 Å². The molecule has 0 radical (unpaired) electrons. The van der Waals surface area contributed by atoms with Gasteiger partial charge in [-0.05, 0) is 56.8 Å². The first-order chi connectivity index (χ1) is 14.2. The lowest BCUT2D eigenvalue weighted by atomic mass is 9.53. The molecule has 0 aromatic carbocycles. The van der Waals surface area contributed by atoms with Gasteiger partial charge >= 0.3 is 11.9 Å². The van der Waals surface area contributed by atoms with Crippen LogP contribution in [0.25, 0.3) is 0 Å². The highest BCUT2D eigenvalue weighted by molar-refractivity contribution is 8.01. The maximum atomic E-state index is 12.8. The van der Waals surface area contributed by atoms with Crippen molar-refractivity contribution in [3.63, 3.8) is 0 Å². The summed E-state index contributed by atoms with van der Waals surface area (Å²) in [4.78, 5) is 25.0. The number of rotatable bonds is 5. The Labute approximate surface area is 183 Å². The Morgan fingerprint density at radius 2 is 2.03 bits per heavy atom. The Kier molecular flexibility index (Phi) is 6.85. The summed E-state index contributed by atoms with van der Waals surface area (Å²) in [7, 11) is 0. The summed E-state index contributed by atoms with van der Waals surface area (Å²) in [5, 5.41) is 1.73. The van der Waals surface area contributed by atoms with Gasteiger partial charge in [0, 0.05) is 35.0 Å². The van der Waals surface area contributed by atoms with Crippen LogP contribution in [0.4, 0.5) is 0 Å². The van der Waals surface area contributed by atoms with Crippen molar-refractivity contribution in [1.29, 1.82) is 0 Å². The van der Waals surface area contributed by atoms with Gasteiger partial charge in [0.1, 0.15) is 18.0 Å². The first kappa shape index (κ1) is 22.7. The maximum absolute atomic E-state index is 12.8. The number of fused-ring (bicyclic) bond motifs is 2. The zero-order valence-corrected chi connectivity index (χ0v) is 19.5. The van der Waals surface area contributed by atoms with Crippen LogP contribution in [0, 0.1) is 24.2 Å². The predicted octanol–water partition coefficient (Wildman–Crippen LogP) is 5.54. The Hall–Kier alpha value is -1.95. The molecular weight excluding hydrogens is 400 g/mol. The highest BCUT2D eigenvalue weighted by atomic mass is 32.2. The average Bonchev–Trinajstić information content (AvgIpc) is 3.09. The lowest BCUT2D eigenvalue weighted by molar-refractivity contribution is -0.183. The number of carbonyl (C=O) groups is 2. The molecule has 3 rings (SSSR count). The van der Waals surface area contributed by atoms with Gasteiger partial charge < -0.3 is 13.9 Å². The van der Waals surface area contributed by atoms with E-state index in [0.717, 1.165) is 36.1 Å². The summed E-state index contributed by atoms with van der Waals surface area (Å²) in [5.41, 5.74) is 2.19. The molecule has 0 aliphatic heterocycles. The fraction of sp³-hybridized carbons (Fsp3) is 0.583. The molecule has 1 aromatic rings. The Morgan fingerprint density at radius 3 is 2.70 bits per heavy atom. The second-order valence-electron chi connectivity index (χ2n) is 8.66. The van der Waals surface area contributed by atoms with Crippen LogP contribution in [0.5, 0.6) is 0 Å². The molecule has 2 aliphatic carbocycles. The minimum atomic E-state index is -0.439. The fourth-order valence-corrected chi connectivity index (χ4v) is 5.25. The van der Waals surface area contributed by atoms with E-state index in [-0.39, 0.29) is 35.3 Å². The standard InChI is InChI=1S/C24H32O5S/c1-7-14(2)23(26)29-22-21-15(3)13-27-19(21)12-17-8-9-18(16(4)24(17,22)5)28-20(25)10-11-30-6/h7,10-11,13,16-18,22H,8-9,12H2,1-6H3/t16-,17+,18+,22+,24+/m0/s1. The molecule has 30 heavy (non-hydrogen) atoms. The predicted molar refractivity (Wildman–Crippen MR) is 118 cm³/mol. The van der Waals surface area contributed by atoms with Gasteiger partial charge in [0.25, 0.3) is 0 Å². The van der Waals surface area contributed by atoms with Crippen LogP contribution in [0.1, 0.15) is 63.5 Å². The molecule has 0 amide bonds. The van der Waals surface area contributed by atoms with E-state index in [9.17, 15) is 9.59 Å². The fourth-order valence-electron chi connectivity index (χ4n) is 5.00. The van der Waals surface area contributed by atoms with E-state index in [1.165, 1.54) is 17.8 Å². The maximum Gasteiger partial charge on any atom is 0.334 e. The van der Waals surface area contributed by atoms with Crippen molar-refractivity contribution in [2.75, 3.05) is 6.26 Å². The second kappa shape index (κ2) is 9.04. The van der Waals surface area contributed by atoms with E-state index in [1.807, 2.05) is 20.1 Å². The number of esters is 2. The largest absolute Gasteiger partial charge is 0.469 e. The second-order valence-corrected chi connectivity index (χ2v) is 9.40. The Morgan fingerprint density at radius 1 is 1.30 bits per heavy atom. The molecule has 0 spiro atoms. The zero-order chi connectivity index (χ0) is 22.1. The minimum absolute atomic E-state index is 0.0223. The number of aryl methyl sites for hydroxylation is 1. The SMILES string of the molecule is CC=C(C)C(=O)O[C@@H]1c2c(C)coc2C[C@H]2CC[C@@H](OC(=O)C=CSC)[C@H](C)[C@]21C. The van der Waals surface area contributed by atoms with Crippen LogP contribution in [-0.2, 0) is 25.5 Å². The van der Waals surface area contributed by atoms with Crippen LogP contribution in [0.15, 0.2) is 33.8 Å². The van der Waals surface area contributed by atoms with Gasteiger partial charge in [-0.3, -0.25) is 0 Å². The summed E-state index contributed by atoms with van der Waals surface area (Å²) in [5.74, 6) is 0.583. The third kappa shape index (κ3) is 3.98. The van der Waals surface area contributed by atoms with Gasteiger partial charge in [-0.2, -0.15) is 0 Å². The van der Waals surface area contributed by atoms with Crippen LogP contribution >= 0.6 is 11.8 Å². The molecule has 0 N–H and O–H groups in total. The molecular formula is C24H32O5S. The van der Waals surface area contributed by atoms with Gasteiger partial charge in [-0.25, -0.2) is 9.59 Å². The van der Waals surface area contributed by atoms with Crippen molar-refractivity contribution in [2.24, 2.45) is 17.3 Å². The average molecular weight is 433 g/mol. The van der Waals surface area contributed by atoms with E-state index in [4.69, 9.17) is 13.9 Å². The summed E-state index contributed by atoms with van der Waals surface area (Å²) >= 11 is 1.46. The zero-order valence-electron chi connectivity index (χ0n) is 18.7. The monoisotopic (exact) mass is 432 g/mol. The van der Waals surface area contributed by atoms with Crippen molar-refractivity contribution < 1.29 is 23.5 Å². The number of furan rings is 1. The normalized spacial score (nSPS) is 31.2. The number of ether oxygens (including phenoxy) is 2. The van der Waals surface area contributed by atoms with Crippen LogP contribution in [0.3, 0.4) is 0 Å². The van der Waals surface area contributed by atoms with Crippen molar-refractivity contribution in [3.05, 3.63) is 46.3 Å². The minimum Gasteiger partial charge on any atom is -0.469 e. The highest BCUT2D eigenvalue weighted by Gasteiger charge is 2.57. The molecule has 5 nitrogen and oxygen atoms in total. The quantitative estimate of drug-likeness (QED) is 0.450. The molecule has 0 saturated heterocycles. The van der Waals surface area contributed by atoms with Gasteiger partial charge in [-0.1, -0.05) is 19.9 Å². The van der Waals surface area contributed by atoms with Gasteiger partial charge in [0.15, 0.2) is 0 Å². The molecule has 0 unspecified atom stereocenters. The first-order valence-electron chi connectivity index (χ1n) is 10.5. The number of thioether (sulfide) groups is 1. The molecule has 6 heteroatoms. The Bertz CT molecular complexity index is 867. The third-order valence-electron chi connectivity index (χ3n) is 7.17. The summed E-state index contributed by atoms with van der Waals surface area (Å²) in [6.07, 6.45) is 8.73. The summed E-state index contributed by atoms with van der Waals surface area (Å²) in [6, 6.07) is 0. The third-order valence-corrected chi connectivity index (χ3v) is 7.58.